The van der Waals surface area contributed by atoms with E-state index in [-0.39, 0.29) is 0 Å². The molecule has 21 heavy (non-hydrogen) atoms. The Balaban J connectivity index is 1.66. The lowest BCUT2D eigenvalue weighted by Crippen LogP contribution is -2.18. The molecular formula is C18H25N3. The van der Waals surface area contributed by atoms with E-state index in [0.29, 0.717) is 6.04 Å². The summed E-state index contributed by atoms with van der Waals surface area (Å²) < 4.78 is 2.05. The highest BCUT2D eigenvalue weighted by atomic mass is 15.0. The van der Waals surface area contributed by atoms with Gasteiger partial charge in [-0.25, -0.2) is 4.98 Å². The number of rotatable bonds is 4. The normalized spacial score (nSPS) is 22.7. The largest absolute Gasteiger partial charge is 0.382 e. The zero-order valence-electron chi connectivity index (χ0n) is 12.8. The molecule has 1 aliphatic rings. The first-order valence-electron chi connectivity index (χ1n) is 8.20. The third-order valence-corrected chi connectivity index (χ3v) is 4.69. The van der Waals surface area contributed by atoms with Crippen LogP contribution < -0.4 is 5.32 Å². The minimum atomic E-state index is 0.625. The van der Waals surface area contributed by atoms with Gasteiger partial charge in [-0.05, 0) is 43.4 Å². The lowest BCUT2D eigenvalue weighted by molar-refractivity contribution is 0.444. The molecule has 3 heteroatoms. The number of benzene rings is 1. The Kier molecular flexibility index (Phi) is 4.59. The summed E-state index contributed by atoms with van der Waals surface area (Å²) in [5.41, 5.74) is 2.39. The van der Waals surface area contributed by atoms with Gasteiger partial charge in [0.1, 0.15) is 0 Å². The molecule has 0 aliphatic heterocycles. The summed E-state index contributed by atoms with van der Waals surface area (Å²) in [4.78, 5) is 4.12. The average molecular weight is 283 g/mol. The van der Waals surface area contributed by atoms with E-state index >= 15 is 0 Å². The number of nitrogens with one attached hydrogen (secondary N) is 1. The molecule has 2 aromatic rings. The second-order valence-electron chi connectivity index (χ2n) is 6.14. The summed E-state index contributed by atoms with van der Waals surface area (Å²) in [5.74, 6) is 0.939. The van der Waals surface area contributed by atoms with Crippen LogP contribution in [0.3, 0.4) is 0 Å². The molecule has 1 N–H and O–H groups in total. The minimum absolute atomic E-state index is 0.625. The molecule has 3 nitrogen and oxygen atoms in total. The first-order chi connectivity index (χ1) is 10.3. The van der Waals surface area contributed by atoms with E-state index in [2.05, 4.69) is 41.5 Å². The van der Waals surface area contributed by atoms with Crippen LogP contribution in [0.5, 0.6) is 0 Å². The fourth-order valence-corrected chi connectivity index (χ4v) is 3.33. The van der Waals surface area contributed by atoms with Crippen molar-refractivity contribution in [2.75, 3.05) is 5.32 Å². The second-order valence-corrected chi connectivity index (χ2v) is 6.14. The first-order valence-corrected chi connectivity index (χ1v) is 8.20. The molecule has 0 saturated heterocycles. The fraction of sp³-hybridized carbons (Fsp3) is 0.500. The Morgan fingerprint density at radius 1 is 1.24 bits per heavy atom. The quantitative estimate of drug-likeness (QED) is 0.828. The Morgan fingerprint density at radius 3 is 3.00 bits per heavy atom. The summed E-state index contributed by atoms with van der Waals surface area (Å²) >= 11 is 0. The van der Waals surface area contributed by atoms with Crippen LogP contribution in [-0.4, -0.2) is 15.6 Å². The summed E-state index contributed by atoms with van der Waals surface area (Å²) in [6.45, 7) is 2.33. The average Bonchev–Trinajstić information content (AvgIpc) is 2.96. The standard InChI is InChI=1S/C18H25N3/c1-2-15-5-3-6-16(10-9-15)20-17-7-4-8-18(13-17)21-12-11-19-14-21/h4,7-8,11-16,20H,2-3,5-6,9-10H2,1H3. The van der Waals surface area contributed by atoms with Crippen molar-refractivity contribution < 1.29 is 0 Å². The third kappa shape index (κ3) is 3.66. The molecule has 0 bridgehead atoms. The smallest absolute Gasteiger partial charge is 0.0991 e. The molecular weight excluding hydrogens is 258 g/mol. The maximum Gasteiger partial charge on any atom is 0.0991 e. The zero-order chi connectivity index (χ0) is 14.5. The van der Waals surface area contributed by atoms with Crippen molar-refractivity contribution in [1.29, 1.82) is 0 Å². The summed E-state index contributed by atoms with van der Waals surface area (Å²) in [6, 6.07) is 9.24. The van der Waals surface area contributed by atoms with Crippen LogP contribution in [0.1, 0.15) is 45.4 Å². The lowest BCUT2D eigenvalue weighted by atomic mass is 9.98. The van der Waals surface area contributed by atoms with Gasteiger partial charge >= 0.3 is 0 Å². The zero-order valence-corrected chi connectivity index (χ0v) is 12.8. The van der Waals surface area contributed by atoms with Crippen LogP contribution >= 0.6 is 0 Å². The molecule has 2 atom stereocenters. The first kappa shape index (κ1) is 14.2. The molecule has 1 saturated carbocycles. The van der Waals surface area contributed by atoms with E-state index in [1.807, 2.05) is 23.3 Å². The van der Waals surface area contributed by atoms with Gasteiger partial charge in [0, 0.05) is 29.8 Å². The van der Waals surface area contributed by atoms with Crippen molar-refractivity contribution in [3.8, 4) is 5.69 Å². The third-order valence-electron chi connectivity index (χ3n) is 4.69. The van der Waals surface area contributed by atoms with Crippen molar-refractivity contribution in [2.24, 2.45) is 5.92 Å². The molecule has 0 spiro atoms. The molecule has 0 radical (unpaired) electrons. The highest BCUT2D eigenvalue weighted by Crippen LogP contribution is 2.27. The number of aromatic nitrogens is 2. The second kappa shape index (κ2) is 6.79. The Labute approximate surface area is 127 Å². The van der Waals surface area contributed by atoms with Gasteiger partial charge in [0.25, 0.3) is 0 Å². The molecule has 1 heterocycles. The van der Waals surface area contributed by atoms with Crippen molar-refractivity contribution in [3.05, 3.63) is 43.0 Å². The van der Waals surface area contributed by atoms with E-state index in [9.17, 15) is 0 Å². The highest BCUT2D eigenvalue weighted by molar-refractivity contribution is 5.51. The van der Waals surface area contributed by atoms with Crippen molar-refractivity contribution in [2.45, 2.75) is 51.5 Å². The maximum absolute atomic E-state index is 4.12. The van der Waals surface area contributed by atoms with Crippen LogP contribution in [0.2, 0.25) is 0 Å². The summed E-state index contributed by atoms with van der Waals surface area (Å²) in [6.07, 6.45) is 13.7. The van der Waals surface area contributed by atoms with Crippen LogP contribution in [0.25, 0.3) is 5.69 Å². The predicted octanol–water partition coefficient (Wildman–Crippen LogP) is 4.64. The molecule has 3 rings (SSSR count). The monoisotopic (exact) mass is 283 g/mol. The van der Waals surface area contributed by atoms with Gasteiger partial charge in [-0.1, -0.05) is 32.3 Å². The number of hydrogen-bond acceptors (Lipinski definition) is 2. The summed E-state index contributed by atoms with van der Waals surface area (Å²) in [7, 11) is 0. The van der Waals surface area contributed by atoms with Crippen LogP contribution in [0.4, 0.5) is 5.69 Å². The summed E-state index contributed by atoms with van der Waals surface area (Å²) in [5, 5.41) is 3.73. The lowest BCUT2D eigenvalue weighted by Gasteiger charge is -2.18. The van der Waals surface area contributed by atoms with Crippen LogP contribution in [0, 0.1) is 5.92 Å². The van der Waals surface area contributed by atoms with Gasteiger partial charge in [-0.2, -0.15) is 0 Å². The van der Waals surface area contributed by atoms with Gasteiger partial charge in [0.15, 0.2) is 0 Å². The molecule has 1 aromatic carbocycles. The minimum Gasteiger partial charge on any atom is -0.382 e. The molecule has 0 amide bonds. The van der Waals surface area contributed by atoms with Gasteiger partial charge in [0.05, 0.1) is 6.33 Å². The van der Waals surface area contributed by atoms with Gasteiger partial charge in [-0.15, -0.1) is 0 Å². The molecule has 1 aliphatic carbocycles. The van der Waals surface area contributed by atoms with Crippen LogP contribution in [0.15, 0.2) is 43.0 Å². The van der Waals surface area contributed by atoms with E-state index < -0.39 is 0 Å². The van der Waals surface area contributed by atoms with E-state index in [4.69, 9.17) is 0 Å². The van der Waals surface area contributed by atoms with E-state index in [1.54, 1.807) is 0 Å². The predicted molar refractivity (Wildman–Crippen MR) is 87.8 cm³/mol. The van der Waals surface area contributed by atoms with E-state index in [0.717, 1.165) is 11.6 Å². The Bertz CT molecular complexity index is 547. The van der Waals surface area contributed by atoms with Crippen molar-refractivity contribution in [3.63, 3.8) is 0 Å². The van der Waals surface area contributed by atoms with Gasteiger partial charge < -0.3 is 9.88 Å². The fourth-order valence-electron chi connectivity index (χ4n) is 3.33. The number of nitrogens with zero attached hydrogens (tertiary/aromatic N) is 2. The van der Waals surface area contributed by atoms with Crippen LogP contribution in [-0.2, 0) is 0 Å². The number of imidazole rings is 1. The number of anilines is 1. The van der Waals surface area contributed by atoms with Gasteiger partial charge in [-0.3, -0.25) is 0 Å². The molecule has 1 fully saturated rings. The highest BCUT2D eigenvalue weighted by Gasteiger charge is 2.17. The Hall–Kier alpha value is -1.77. The Morgan fingerprint density at radius 2 is 2.19 bits per heavy atom. The van der Waals surface area contributed by atoms with Gasteiger partial charge in [0.2, 0.25) is 0 Å². The van der Waals surface area contributed by atoms with E-state index in [1.165, 1.54) is 44.2 Å². The molecule has 1 aromatic heterocycles. The molecule has 112 valence electrons. The number of hydrogen-bond donors (Lipinski definition) is 1. The molecule has 2 unspecified atom stereocenters. The maximum atomic E-state index is 4.12. The van der Waals surface area contributed by atoms with Crippen molar-refractivity contribution >= 4 is 5.69 Å². The van der Waals surface area contributed by atoms with Crippen molar-refractivity contribution in [1.82, 2.24) is 9.55 Å². The topological polar surface area (TPSA) is 29.9 Å². The SMILES string of the molecule is CCC1CCCC(Nc2cccc(-n3ccnc3)c2)CC1.